The van der Waals surface area contributed by atoms with Crippen LogP contribution in [0.5, 0.6) is 0 Å². The fraction of sp³-hybridized carbons (Fsp3) is 0.615. The molecule has 1 aromatic rings. The van der Waals surface area contributed by atoms with Crippen LogP contribution in [0.2, 0.25) is 0 Å². The van der Waals surface area contributed by atoms with Gasteiger partial charge in [-0.2, -0.15) is 0 Å². The van der Waals surface area contributed by atoms with Crippen LogP contribution < -0.4 is 5.32 Å². The maximum atomic E-state index is 12.7. The fourth-order valence-electron chi connectivity index (χ4n) is 3.48. The number of amides is 1. The van der Waals surface area contributed by atoms with E-state index in [9.17, 15) is 9.59 Å². The van der Waals surface area contributed by atoms with Gasteiger partial charge in [0, 0.05) is 12.0 Å². The Kier molecular flexibility index (Phi) is 10.9. The highest BCUT2D eigenvalue weighted by atomic mass is 32.3. The van der Waals surface area contributed by atoms with Gasteiger partial charge in [-0.3, -0.25) is 9.59 Å². The molecular formula is C26H43NO3S. The van der Waals surface area contributed by atoms with Crippen molar-refractivity contribution >= 4 is 21.9 Å². The highest BCUT2D eigenvalue weighted by Crippen LogP contribution is 2.35. The van der Waals surface area contributed by atoms with Crippen molar-refractivity contribution in [3.8, 4) is 0 Å². The van der Waals surface area contributed by atoms with Crippen LogP contribution in [0.3, 0.4) is 0 Å². The maximum absolute atomic E-state index is 12.7. The van der Waals surface area contributed by atoms with Gasteiger partial charge in [0.05, 0.1) is 5.41 Å². The molecule has 0 fully saturated rings. The van der Waals surface area contributed by atoms with Gasteiger partial charge in [0.15, 0.2) is 0 Å². The van der Waals surface area contributed by atoms with Crippen molar-refractivity contribution < 1.29 is 14.3 Å². The van der Waals surface area contributed by atoms with Crippen LogP contribution in [-0.4, -0.2) is 42.9 Å². The van der Waals surface area contributed by atoms with Crippen molar-refractivity contribution in [2.24, 2.45) is 10.8 Å². The summed E-state index contributed by atoms with van der Waals surface area (Å²) in [7, 11) is -0.465. The lowest BCUT2D eigenvalue weighted by atomic mass is 9.74. The molecule has 5 heteroatoms. The monoisotopic (exact) mass is 449 g/mol. The largest absolute Gasteiger partial charge is 0.460 e. The van der Waals surface area contributed by atoms with Crippen LogP contribution in [0.15, 0.2) is 42.5 Å². The summed E-state index contributed by atoms with van der Waals surface area (Å²) in [5, 5.41) is 3.05. The second-order valence-electron chi connectivity index (χ2n) is 10.5. The molecule has 0 aliphatic heterocycles. The van der Waals surface area contributed by atoms with Crippen molar-refractivity contribution in [2.45, 2.75) is 60.0 Å². The van der Waals surface area contributed by atoms with Crippen LogP contribution in [0.1, 0.15) is 58.9 Å². The minimum Gasteiger partial charge on any atom is -0.460 e. The highest BCUT2D eigenvalue weighted by molar-refractivity contribution is 8.32. The first-order valence-electron chi connectivity index (χ1n) is 11.1. The maximum Gasteiger partial charge on any atom is 0.311 e. The Morgan fingerprint density at radius 1 is 0.968 bits per heavy atom. The van der Waals surface area contributed by atoms with Crippen molar-refractivity contribution in [1.29, 1.82) is 0 Å². The predicted molar refractivity (Wildman–Crippen MR) is 135 cm³/mol. The van der Waals surface area contributed by atoms with Crippen LogP contribution in [-0.2, 0) is 20.9 Å². The Morgan fingerprint density at radius 2 is 1.61 bits per heavy atom. The minimum absolute atomic E-state index is 0.0108. The Bertz CT molecular complexity index is 718. The molecule has 0 spiro atoms. The van der Waals surface area contributed by atoms with E-state index in [1.165, 1.54) is 5.75 Å². The topological polar surface area (TPSA) is 55.4 Å². The molecule has 0 unspecified atom stereocenters. The smallest absolute Gasteiger partial charge is 0.311 e. The van der Waals surface area contributed by atoms with E-state index in [4.69, 9.17) is 4.74 Å². The van der Waals surface area contributed by atoms with Gasteiger partial charge in [0.2, 0.25) is 5.91 Å². The van der Waals surface area contributed by atoms with Gasteiger partial charge >= 0.3 is 5.97 Å². The molecule has 0 atom stereocenters. The molecule has 0 heterocycles. The number of hydrogen-bond acceptors (Lipinski definition) is 3. The number of benzene rings is 1. The van der Waals surface area contributed by atoms with Crippen LogP contribution >= 0.6 is 10.0 Å². The number of allylic oxidation sites excluding steroid dienone is 1. The van der Waals surface area contributed by atoms with Gasteiger partial charge in [0.25, 0.3) is 0 Å². The molecule has 1 N–H and O–H groups in total. The molecule has 0 aromatic heterocycles. The standard InChI is InChI=1S/C26H43NO3S/c1-25(2,23(28)27-18-14-9-8-10-15-19-31(5,6)7)21-26(3,4)24(29)30-20-22-16-12-11-13-17-22/h10-13,15-17H,8-9,14,18-21H2,1-7H3,(H,27,28)/b15-10-. The molecule has 0 bridgehead atoms. The molecule has 31 heavy (non-hydrogen) atoms. The second kappa shape index (κ2) is 12.3. The first-order chi connectivity index (χ1) is 14.3. The summed E-state index contributed by atoms with van der Waals surface area (Å²) in [4.78, 5) is 25.3. The Balaban J connectivity index is 2.38. The van der Waals surface area contributed by atoms with E-state index < -0.39 is 20.9 Å². The van der Waals surface area contributed by atoms with Crippen molar-refractivity contribution in [2.75, 3.05) is 31.1 Å². The summed E-state index contributed by atoms with van der Waals surface area (Å²) in [6, 6.07) is 9.63. The summed E-state index contributed by atoms with van der Waals surface area (Å²) < 4.78 is 5.51. The number of carbonyl (C=O) groups excluding carboxylic acids is 2. The molecule has 0 radical (unpaired) electrons. The lowest BCUT2D eigenvalue weighted by molar-refractivity contribution is -0.157. The van der Waals surface area contributed by atoms with Crippen LogP contribution in [0, 0.1) is 10.8 Å². The molecule has 0 saturated heterocycles. The average Bonchev–Trinajstić information content (AvgIpc) is 2.67. The van der Waals surface area contributed by atoms with E-state index in [1.807, 2.05) is 58.0 Å². The fourth-order valence-corrected chi connectivity index (χ4v) is 4.19. The molecule has 0 aliphatic rings. The summed E-state index contributed by atoms with van der Waals surface area (Å²) in [5.41, 5.74) is -0.432. The Morgan fingerprint density at radius 3 is 2.23 bits per heavy atom. The number of rotatable bonds is 13. The number of carbonyl (C=O) groups is 2. The van der Waals surface area contributed by atoms with E-state index in [0.717, 1.165) is 24.8 Å². The van der Waals surface area contributed by atoms with Crippen molar-refractivity contribution in [3.05, 3.63) is 48.0 Å². The van der Waals surface area contributed by atoms with Gasteiger partial charge in [-0.25, -0.2) is 10.0 Å². The van der Waals surface area contributed by atoms with Crippen LogP contribution in [0.25, 0.3) is 0 Å². The van der Waals surface area contributed by atoms with Gasteiger partial charge in [-0.15, -0.1) is 0 Å². The normalized spacial score (nSPS) is 13.3. The zero-order valence-electron chi connectivity index (χ0n) is 20.6. The number of esters is 1. The summed E-state index contributed by atoms with van der Waals surface area (Å²) in [6.45, 7) is 8.40. The quantitative estimate of drug-likeness (QED) is 0.238. The third-order valence-electron chi connectivity index (χ3n) is 5.11. The molecule has 1 rings (SSSR count). The van der Waals surface area contributed by atoms with E-state index >= 15 is 0 Å². The molecule has 0 saturated carbocycles. The second-order valence-corrected chi connectivity index (χ2v) is 15.0. The number of hydrogen-bond donors (Lipinski definition) is 1. The summed E-state index contributed by atoms with van der Waals surface area (Å²) in [6.07, 6.45) is 15.0. The number of nitrogens with one attached hydrogen (secondary N) is 1. The summed E-state index contributed by atoms with van der Waals surface area (Å²) >= 11 is 0. The SMILES string of the molecule is CC(C)(CC(C)(C)C(=O)OCc1ccccc1)C(=O)NCCCC/C=C\CS(C)(C)C. The first kappa shape index (κ1) is 27.3. The average molecular weight is 450 g/mol. The summed E-state index contributed by atoms with van der Waals surface area (Å²) in [5.74, 6) is 0.881. The van der Waals surface area contributed by atoms with Gasteiger partial charge in [-0.05, 0) is 69.6 Å². The molecular weight excluding hydrogens is 406 g/mol. The van der Waals surface area contributed by atoms with E-state index in [-0.39, 0.29) is 18.5 Å². The third kappa shape index (κ3) is 11.4. The molecule has 0 aliphatic carbocycles. The van der Waals surface area contributed by atoms with Gasteiger partial charge < -0.3 is 10.1 Å². The number of unbranched alkanes of at least 4 members (excludes halogenated alkanes) is 2. The first-order valence-corrected chi connectivity index (χ1v) is 14.2. The Hall–Kier alpha value is -1.75. The van der Waals surface area contributed by atoms with Crippen LogP contribution in [0.4, 0.5) is 0 Å². The van der Waals surface area contributed by atoms with Gasteiger partial charge in [-0.1, -0.05) is 56.3 Å². The van der Waals surface area contributed by atoms with Gasteiger partial charge in [0.1, 0.15) is 6.61 Å². The number of ether oxygens (including phenoxy) is 1. The van der Waals surface area contributed by atoms with E-state index in [0.29, 0.717) is 13.0 Å². The van der Waals surface area contributed by atoms with E-state index in [1.54, 1.807) is 0 Å². The zero-order chi connectivity index (χ0) is 23.5. The minimum atomic E-state index is -0.741. The van der Waals surface area contributed by atoms with Crippen molar-refractivity contribution in [1.82, 2.24) is 5.32 Å². The zero-order valence-corrected chi connectivity index (χ0v) is 21.4. The third-order valence-corrected chi connectivity index (χ3v) is 6.30. The molecule has 176 valence electrons. The molecule has 4 nitrogen and oxygen atoms in total. The molecule has 1 amide bonds. The molecule has 1 aromatic carbocycles. The highest BCUT2D eigenvalue weighted by Gasteiger charge is 2.39. The lowest BCUT2D eigenvalue weighted by Gasteiger charge is -2.32. The van der Waals surface area contributed by atoms with Crippen molar-refractivity contribution in [3.63, 3.8) is 0 Å². The predicted octanol–water partition coefficient (Wildman–Crippen LogP) is 5.71. The lowest BCUT2D eigenvalue weighted by Crippen LogP contribution is -2.42. The van der Waals surface area contributed by atoms with E-state index in [2.05, 4.69) is 36.2 Å². The Labute approximate surface area is 191 Å².